The molecule has 1 saturated heterocycles. The van der Waals surface area contributed by atoms with Crippen LogP contribution in [0.15, 0.2) is 24.5 Å². The van der Waals surface area contributed by atoms with Crippen LogP contribution in [0, 0.1) is 6.57 Å². The number of piperazine rings is 1. The molecule has 3 heterocycles. The minimum absolute atomic E-state index is 0.123. The Morgan fingerprint density at radius 3 is 2.85 bits per heavy atom. The Bertz CT molecular complexity index is 905. The van der Waals surface area contributed by atoms with Gasteiger partial charge >= 0.3 is 6.09 Å². The highest BCUT2D eigenvalue weighted by Crippen LogP contribution is 2.24. The third kappa shape index (κ3) is 4.36. The molecule has 0 aliphatic carbocycles. The van der Waals surface area contributed by atoms with Crippen LogP contribution in [-0.4, -0.2) is 66.2 Å². The fourth-order valence-electron chi connectivity index (χ4n) is 2.91. The molecule has 2 aromatic heterocycles. The topological polar surface area (TPSA) is 109 Å². The smallest absolute Gasteiger partial charge is 0.410 e. The second kappa shape index (κ2) is 8.23. The van der Waals surface area contributed by atoms with Gasteiger partial charge in [0.1, 0.15) is 5.65 Å². The van der Waals surface area contributed by atoms with Crippen molar-refractivity contribution in [3.63, 3.8) is 0 Å². The van der Waals surface area contributed by atoms with Gasteiger partial charge in [-0.3, -0.25) is 4.79 Å². The molecule has 2 aromatic rings. The summed E-state index contributed by atoms with van der Waals surface area (Å²) in [5.41, 5.74) is 7.66. The summed E-state index contributed by atoms with van der Waals surface area (Å²) in [6, 6.07) is 2.00. The van der Waals surface area contributed by atoms with Crippen molar-refractivity contribution in [3.05, 3.63) is 41.5 Å². The molecule has 3 rings (SSSR count). The van der Waals surface area contributed by atoms with Gasteiger partial charge in [0.25, 0.3) is 0 Å². The maximum Gasteiger partial charge on any atom is 0.410 e. The number of carbonyl (C=O) groups excluding carboxylic acids is 2. The summed E-state index contributed by atoms with van der Waals surface area (Å²) in [5.74, 6) is -0.507. The number of carbonyl (C=O) groups is 2. The fraction of sp³-hybridized carbons (Fsp3) is 0.333. The zero-order chi connectivity index (χ0) is 19.2. The van der Waals surface area contributed by atoms with Crippen molar-refractivity contribution in [3.8, 4) is 0 Å². The summed E-state index contributed by atoms with van der Waals surface area (Å²) in [6.45, 7) is 9.39. The molecule has 27 heavy (non-hydrogen) atoms. The Balaban J connectivity index is 1.66. The van der Waals surface area contributed by atoms with Gasteiger partial charge in [-0.15, -0.1) is 0 Å². The Morgan fingerprint density at radius 1 is 1.37 bits per heavy atom. The number of nitrogens with zero attached hydrogens (tertiary/aromatic N) is 4. The standard InChI is InChI=1S/C18H20N6O3/c1-20-4-9-27-18(26)24-7-5-23(6-8-24)14-10-15-13(2-3-16(19)25)11-21-17(15)22-12-14/h2-3,10-12H,4-9H2,(H2,19,25)(H,21,22)/b3-2+. The molecule has 0 spiro atoms. The molecule has 0 aromatic carbocycles. The molecular formula is C18H20N6O3. The molecule has 0 saturated carbocycles. The van der Waals surface area contributed by atoms with Gasteiger partial charge < -0.3 is 30.1 Å². The Labute approximate surface area is 156 Å². The van der Waals surface area contributed by atoms with Gasteiger partial charge in [0.2, 0.25) is 12.5 Å². The predicted molar refractivity (Wildman–Crippen MR) is 101 cm³/mol. The van der Waals surface area contributed by atoms with Crippen LogP contribution < -0.4 is 10.6 Å². The molecule has 1 fully saturated rings. The molecule has 9 nitrogen and oxygen atoms in total. The highest BCUT2D eigenvalue weighted by Gasteiger charge is 2.23. The average Bonchev–Trinajstić information content (AvgIpc) is 3.09. The van der Waals surface area contributed by atoms with E-state index in [1.165, 1.54) is 6.08 Å². The summed E-state index contributed by atoms with van der Waals surface area (Å²) in [6.07, 6.45) is 6.15. The molecule has 9 heteroatoms. The third-order valence-electron chi connectivity index (χ3n) is 4.31. The monoisotopic (exact) mass is 368 g/mol. The third-order valence-corrected chi connectivity index (χ3v) is 4.31. The van der Waals surface area contributed by atoms with Crippen LogP contribution in [0.25, 0.3) is 22.0 Å². The summed E-state index contributed by atoms with van der Waals surface area (Å²) in [5, 5.41) is 0.894. The van der Waals surface area contributed by atoms with Crippen LogP contribution in [0.4, 0.5) is 10.5 Å². The number of ether oxygens (including phenoxy) is 1. The minimum atomic E-state index is -0.507. The molecule has 0 atom stereocenters. The van der Waals surface area contributed by atoms with E-state index in [9.17, 15) is 9.59 Å². The highest BCUT2D eigenvalue weighted by molar-refractivity contribution is 5.95. The lowest BCUT2D eigenvalue weighted by Crippen LogP contribution is -2.49. The number of rotatable bonds is 5. The van der Waals surface area contributed by atoms with Gasteiger partial charge in [-0.05, 0) is 12.1 Å². The first-order valence-electron chi connectivity index (χ1n) is 8.53. The number of hydrogen-bond acceptors (Lipinski definition) is 5. The van der Waals surface area contributed by atoms with Gasteiger partial charge in [0, 0.05) is 49.4 Å². The molecule has 0 radical (unpaired) electrons. The number of primary amides is 1. The number of hydrogen-bond donors (Lipinski definition) is 2. The maximum atomic E-state index is 11.9. The van der Waals surface area contributed by atoms with Crippen molar-refractivity contribution in [1.82, 2.24) is 14.9 Å². The molecule has 1 aliphatic heterocycles. The SMILES string of the molecule is [C-]#[N+]CCOC(=O)N1CCN(c2cnc3[nH]cc(/C=C/C(N)=O)c3c2)CC1. The Kier molecular flexibility index (Phi) is 5.56. The second-order valence-electron chi connectivity index (χ2n) is 6.04. The first-order valence-corrected chi connectivity index (χ1v) is 8.53. The average molecular weight is 368 g/mol. The van der Waals surface area contributed by atoms with Crippen molar-refractivity contribution in [2.75, 3.05) is 44.2 Å². The van der Waals surface area contributed by atoms with Crippen LogP contribution in [0.2, 0.25) is 0 Å². The molecule has 3 N–H and O–H groups in total. The van der Waals surface area contributed by atoms with Crippen LogP contribution in [0.1, 0.15) is 5.56 Å². The zero-order valence-electron chi connectivity index (χ0n) is 14.7. The fourth-order valence-corrected chi connectivity index (χ4v) is 2.91. The van der Waals surface area contributed by atoms with Crippen LogP contribution >= 0.6 is 0 Å². The number of H-pyrrole nitrogens is 1. The molecular weight excluding hydrogens is 348 g/mol. The normalized spacial score (nSPS) is 14.5. The van der Waals surface area contributed by atoms with E-state index < -0.39 is 5.91 Å². The van der Waals surface area contributed by atoms with Gasteiger partial charge in [-0.1, -0.05) is 0 Å². The highest BCUT2D eigenvalue weighted by atomic mass is 16.6. The first kappa shape index (κ1) is 18.3. The number of amides is 2. The van der Waals surface area contributed by atoms with Crippen molar-refractivity contribution in [1.29, 1.82) is 0 Å². The number of nitrogens with one attached hydrogen (secondary N) is 1. The van der Waals surface area contributed by atoms with E-state index in [1.54, 1.807) is 23.4 Å². The van der Waals surface area contributed by atoms with E-state index in [2.05, 4.69) is 19.7 Å². The van der Waals surface area contributed by atoms with Crippen molar-refractivity contribution in [2.45, 2.75) is 0 Å². The number of aromatic amines is 1. The van der Waals surface area contributed by atoms with E-state index in [-0.39, 0.29) is 19.2 Å². The van der Waals surface area contributed by atoms with Gasteiger partial charge in [0.15, 0.2) is 6.61 Å². The van der Waals surface area contributed by atoms with Gasteiger partial charge in [-0.25, -0.2) is 16.4 Å². The summed E-state index contributed by atoms with van der Waals surface area (Å²) < 4.78 is 5.06. The van der Waals surface area contributed by atoms with E-state index in [4.69, 9.17) is 17.0 Å². The predicted octanol–water partition coefficient (Wildman–Crippen LogP) is 1.24. The van der Waals surface area contributed by atoms with E-state index in [1.807, 2.05) is 6.07 Å². The van der Waals surface area contributed by atoms with E-state index in [0.717, 1.165) is 22.3 Å². The van der Waals surface area contributed by atoms with Gasteiger partial charge in [-0.2, -0.15) is 0 Å². The summed E-state index contributed by atoms with van der Waals surface area (Å²) in [7, 11) is 0. The summed E-state index contributed by atoms with van der Waals surface area (Å²) >= 11 is 0. The number of nitrogens with two attached hydrogens (primary N) is 1. The molecule has 2 amide bonds. The molecule has 140 valence electrons. The zero-order valence-corrected chi connectivity index (χ0v) is 14.7. The first-order chi connectivity index (χ1) is 13.1. The largest absolute Gasteiger partial charge is 0.441 e. The number of aromatic nitrogens is 2. The lowest BCUT2D eigenvalue weighted by atomic mass is 10.2. The number of fused-ring (bicyclic) bond motifs is 1. The molecule has 0 bridgehead atoms. The molecule has 0 unspecified atom stereocenters. The second-order valence-corrected chi connectivity index (χ2v) is 6.04. The van der Waals surface area contributed by atoms with Crippen LogP contribution in [-0.2, 0) is 9.53 Å². The van der Waals surface area contributed by atoms with Crippen molar-refractivity contribution in [2.24, 2.45) is 5.73 Å². The van der Waals surface area contributed by atoms with Crippen molar-refractivity contribution >= 4 is 34.8 Å². The van der Waals surface area contributed by atoms with E-state index >= 15 is 0 Å². The lowest BCUT2D eigenvalue weighted by molar-refractivity contribution is -0.113. The van der Waals surface area contributed by atoms with Crippen LogP contribution in [0.5, 0.6) is 0 Å². The number of pyridine rings is 1. The van der Waals surface area contributed by atoms with Crippen LogP contribution in [0.3, 0.4) is 0 Å². The van der Waals surface area contributed by atoms with Crippen molar-refractivity contribution < 1.29 is 14.3 Å². The lowest BCUT2D eigenvalue weighted by Gasteiger charge is -2.35. The Hall–Kier alpha value is -3.54. The van der Waals surface area contributed by atoms with Gasteiger partial charge in [0.05, 0.1) is 11.9 Å². The molecule has 1 aliphatic rings. The Morgan fingerprint density at radius 2 is 2.15 bits per heavy atom. The quantitative estimate of drug-likeness (QED) is 0.469. The van der Waals surface area contributed by atoms with E-state index in [0.29, 0.717) is 26.2 Å². The number of anilines is 1. The maximum absolute atomic E-state index is 11.9. The summed E-state index contributed by atoms with van der Waals surface area (Å²) in [4.78, 5) is 37.3. The minimum Gasteiger partial charge on any atom is -0.441 e.